The Hall–Kier alpha value is -2.71. The minimum Gasteiger partial charge on any atom is -0.319 e. The Balaban J connectivity index is 2.04. The van der Waals surface area contributed by atoms with Crippen molar-refractivity contribution in [3.63, 3.8) is 0 Å². The molecule has 0 fully saturated rings. The number of aromatic nitrogens is 1. The van der Waals surface area contributed by atoms with E-state index in [0.717, 1.165) is 16.6 Å². The van der Waals surface area contributed by atoms with E-state index in [2.05, 4.69) is 30.1 Å². The van der Waals surface area contributed by atoms with Crippen LogP contribution >= 0.6 is 11.3 Å². The standard InChI is InChI=1S/C18H15N3OS/c1-3-12-6-9-15-16(10-12)23-18(21(15)2)20-17(22)14-7-4-13(11-19)5-8-14/h4-10H,3H2,1-2H3. The molecule has 0 aliphatic carbocycles. The molecule has 1 amide bonds. The summed E-state index contributed by atoms with van der Waals surface area (Å²) in [5.74, 6) is -0.299. The van der Waals surface area contributed by atoms with Gasteiger partial charge in [0.15, 0.2) is 4.80 Å². The van der Waals surface area contributed by atoms with Crippen LogP contribution in [-0.4, -0.2) is 10.5 Å². The summed E-state index contributed by atoms with van der Waals surface area (Å²) in [7, 11) is 1.91. The Morgan fingerprint density at radius 1 is 1.26 bits per heavy atom. The van der Waals surface area contributed by atoms with Crippen LogP contribution in [0.5, 0.6) is 0 Å². The smallest absolute Gasteiger partial charge is 0.279 e. The van der Waals surface area contributed by atoms with Crippen molar-refractivity contribution in [3.8, 4) is 6.07 Å². The van der Waals surface area contributed by atoms with E-state index in [-0.39, 0.29) is 5.91 Å². The van der Waals surface area contributed by atoms with Gasteiger partial charge in [-0.3, -0.25) is 4.79 Å². The number of nitrogens with zero attached hydrogens (tertiary/aromatic N) is 3. The number of fused-ring (bicyclic) bond motifs is 1. The monoisotopic (exact) mass is 321 g/mol. The first-order chi connectivity index (χ1) is 11.1. The summed E-state index contributed by atoms with van der Waals surface area (Å²) in [5.41, 5.74) is 3.35. The number of carbonyl (C=O) groups excluding carboxylic acids is 1. The lowest BCUT2D eigenvalue weighted by Gasteiger charge is -1.98. The minimum absolute atomic E-state index is 0.299. The molecule has 2 aromatic carbocycles. The largest absolute Gasteiger partial charge is 0.319 e. The van der Waals surface area contributed by atoms with Gasteiger partial charge >= 0.3 is 0 Å². The number of hydrogen-bond acceptors (Lipinski definition) is 3. The van der Waals surface area contributed by atoms with Crippen molar-refractivity contribution >= 4 is 27.5 Å². The molecule has 114 valence electrons. The molecule has 0 atom stereocenters. The van der Waals surface area contributed by atoms with Crippen LogP contribution in [0.1, 0.15) is 28.4 Å². The van der Waals surface area contributed by atoms with Gasteiger partial charge in [-0.2, -0.15) is 10.3 Å². The number of amides is 1. The molecule has 23 heavy (non-hydrogen) atoms. The van der Waals surface area contributed by atoms with E-state index in [1.165, 1.54) is 16.9 Å². The van der Waals surface area contributed by atoms with Crippen LogP contribution in [0.4, 0.5) is 0 Å². The molecule has 0 aliphatic heterocycles. The molecule has 0 bridgehead atoms. The van der Waals surface area contributed by atoms with Gasteiger partial charge in [0.05, 0.1) is 21.8 Å². The summed E-state index contributed by atoms with van der Waals surface area (Å²) in [6, 6.07) is 14.9. The molecule has 1 aromatic heterocycles. The number of thiazole rings is 1. The summed E-state index contributed by atoms with van der Waals surface area (Å²) in [5, 5.41) is 8.80. The zero-order chi connectivity index (χ0) is 16.4. The molecule has 1 heterocycles. The number of hydrogen-bond donors (Lipinski definition) is 0. The quantitative estimate of drug-likeness (QED) is 0.726. The lowest BCUT2D eigenvalue weighted by molar-refractivity contribution is 0.0998. The van der Waals surface area contributed by atoms with E-state index in [1.807, 2.05) is 17.7 Å². The van der Waals surface area contributed by atoms with Gasteiger partial charge in [-0.1, -0.05) is 24.3 Å². The lowest BCUT2D eigenvalue weighted by atomic mass is 10.1. The van der Waals surface area contributed by atoms with Gasteiger partial charge in [-0.05, 0) is 48.4 Å². The zero-order valence-electron chi connectivity index (χ0n) is 12.9. The van der Waals surface area contributed by atoms with Gasteiger partial charge in [0.1, 0.15) is 0 Å². The van der Waals surface area contributed by atoms with Crippen LogP contribution in [0.25, 0.3) is 10.2 Å². The second-order valence-corrected chi connectivity index (χ2v) is 6.21. The third kappa shape index (κ3) is 2.94. The summed E-state index contributed by atoms with van der Waals surface area (Å²) < 4.78 is 3.05. The maximum absolute atomic E-state index is 12.3. The third-order valence-corrected chi connectivity index (χ3v) is 4.83. The van der Waals surface area contributed by atoms with E-state index in [0.29, 0.717) is 15.9 Å². The Morgan fingerprint density at radius 3 is 2.65 bits per heavy atom. The fourth-order valence-electron chi connectivity index (χ4n) is 2.34. The van der Waals surface area contributed by atoms with Gasteiger partial charge in [-0.25, -0.2) is 0 Å². The third-order valence-electron chi connectivity index (χ3n) is 3.74. The molecule has 0 saturated heterocycles. The second kappa shape index (κ2) is 6.19. The highest BCUT2D eigenvalue weighted by Crippen LogP contribution is 2.18. The molecule has 3 rings (SSSR count). The van der Waals surface area contributed by atoms with E-state index in [4.69, 9.17) is 5.26 Å². The minimum atomic E-state index is -0.299. The second-order valence-electron chi connectivity index (χ2n) is 5.21. The average Bonchev–Trinajstić information content (AvgIpc) is 2.90. The van der Waals surface area contributed by atoms with E-state index < -0.39 is 0 Å². The van der Waals surface area contributed by atoms with E-state index in [1.54, 1.807) is 24.3 Å². The van der Waals surface area contributed by atoms with Crippen LogP contribution in [0.2, 0.25) is 0 Å². The number of aryl methyl sites for hydroxylation is 2. The van der Waals surface area contributed by atoms with Crippen molar-refractivity contribution in [1.29, 1.82) is 5.26 Å². The van der Waals surface area contributed by atoms with Gasteiger partial charge in [0.25, 0.3) is 5.91 Å². The summed E-state index contributed by atoms with van der Waals surface area (Å²) in [4.78, 5) is 17.2. The Labute approximate surface area is 138 Å². The van der Waals surface area contributed by atoms with Gasteiger partial charge in [0, 0.05) is 12.6 Å². The van der Waals surface area contributed by atoms with Crippen LogP contribution in [0.3, 0.4) is 0 Å². The van der Waals surface area contributed by atoms with Crippen molar-refractivity contribution in [3.05, 3.63) is 64.0 Å². The normalized spacial score (nSPS) is 11.6. The summed E-state index contributed by atoms with van der Waals surface area (Å²) in [6.07, 6.45) is 0.980. The maximum Gasteiger partial charge on any atom is 0.279 e. The van der Waals surface area contributed by atoms with Gasteiger partial charge < -0.3 is 4.57 Å². The van der Waals surface area contributed by atoms with Gasteiger partial charge in [0.2, 0.25) is 0 Å². The molecule has 3 aromatic rings. The topological polar surface area (TPSA) is 58.1 Å². The molecule has 0 spiro atoms. The number of nitriles is 1. The molecular formula is C18H15N3OS. The average molecular weight is 321 g/mol. The predicted octanol–water partition coefficient (Wildman–Crippen LogP) is 3.41. The lowest BCUT2D eigenvalue weighted by Crippen LogP contribution is -2.13. The Kier molecular flexibility index (Phi) is 4.09. The highest BCUT2D eigenvalue weighted by Gasteiger charge is 2.07. The highest BCUT2D eigenvalue weighted by molar-refractivity contribution is 7.16. The fraction of sp³-hybridized carbons (Fsp3) is 0.167. The van der Waals surface area contributed by atoms with E-state index in [9.17, 15) is 4.79 Å². The fourth-order valence-corrected chi connectivity index (χ4v) is 3.42. The first-order valence-corrected chi connectivity index (χ1v) is 8.11. The van der Waals surface area contributed by atoms with Crippen molar-refractivity contribution in [2.75, 3.05) is 0 Å². The van der Waals surface area contributed by atoms with Gasteiger partial charge in [-0.15, -0.1) is 0 Å². The first kappa shape index (κ1) is 15.2. The van der Waals surface area contributed by atoms with Crippen molar-refractivity contribution in [2.45, 2.75) is 13.3 Å². The van der Waals surface area contributed by atoms with Crippen LogP contribution in [-0.2, 0) is 13.5 Å². The number of benzene rings is 2. The molecule has 0 N–H and O–H groups in total. The van der Waals surface area contributed by atoms with Crippen LogP contribution < -0.4 is 4.80 Å². The molecule has 0 aliphatic rings. The predicted molar refractivity (Wildman–Crippen MR) is 91.2 cm³/mol. The first-order valence-electron chi connectivity index (χ1n) is 7.30. The molecular weight excluding hydrogens is 306 g/mol. The summed E-state index contributed by atoms with van der Waals surface area (Å²) >= 11 is 1.51. The van der Waals surface area contributed by atoms with Crippen molar-refractivity contribution in [1.82, 2.24) is 4.57 Å². The SMILES string of the molecule is CCc1ccc2c(c1)sc(=NC(=O)c1ccc(C#N)cc1)n2C. The molecule has 0 unspecified atom stereocenters. The molecule has 5 heteroatoms. The molecule has 0 radical (unpaired) electrons. The van der Waals surface area contributed by atoms with Crippen LogP contribution in [0.15, 0.2) is 47.5 Å². The Morgan fingerprint density at radius 2 is 2.00 bits per heavy atom. The zero-order valence-corrected chi connectivity index (χ0v) is 13.7. The maximum atomic E-state index is 12.3. The summed E-state index contributed by atoms with van der Waals surface area (Å²) in [6.45, 7) is 2.12. The van der Waals surface area contributed by atoms with Crippen molar-refractivity contribution < 1.29 is 4.79 Å². The number of rotatable bonds is 2. The Bertz CT molecular complexity index is 988. The molecule has 0 saturated carbocycles. The van der Waals surface area contributed by atoms with Crippen LogP contribution in [0, 0.1) is 11.3 Å². The molecule has 4 nitrogen and oxygen atoms in total. The van der Waals surface area contributed by atoms with Crippen molar-refractivity contribution in [2.24, 2.45) is 12.0 Å². The number of carbonyl (C=O) groups is 1. The highest BCUT2D eigenvalue weighted by atomic mass is 32.1. The van der Waals surface area contributed by atoms with E-state index >= 15 is 0 Å².